The SMILES string of the molecule is O=C(Nc1ccccc1F)[C@H]1CSCN1C(=O)c1ccccc1Cl. The first kappa shape index (κ1) is 16.8. The van der Waals surface area contributed by atoms with Crippen molar-refractivity contribution in [2.75, 3.05) is 16.9 Å². The van der Waals surface area contributed by atoms with E-state index in [1.807, 2.05) is 0 Å². The van der Waals surface area contributed by atoms with E-state index in [0.717, 1.165) is 0 Å². The molecule has 24 heavy (non-hydrogen) atoms. The van der Waals surface area contributed by atoms with Gasteiger partial charge in [-0.1, -0.05) is 35.9 Å². The van der Waals surface area contributed by atoms with Gasteiger partial charge >= 0.3 is 0 Å². The van der Waals surface area contributed by atoms with Gasteiger partial charge in [-0.2, -0.15) is 0 Å². The van der Waals surface area contributed by atoms with Crippen LogP contribution in [0.3, 0.4) is 0 Å². The Bertz CT molecular complexity index is 787. The van der Waals surface area contributed by atoms with E-state index in [1.165, 1.54) is 28.8 Å². The van der Waals surface area contributed by atoms with Gasteiger partial charge in [0.15, 0.2) is 0 Å². The van der Waals surface area contributed by atoms with Crippen LogP contribution in [0.5, 0.6) is 0 Å². The fourth-order valence-electron chi connectivity index (χ4n) is 2.43. The summed E-state index contributed by atoms with van der Waals surface area (Å²) in [6.07, 6.45) is 0. The van der Waals surface area contributed by atoms with Gasteiger partial charge in [0, 0.05) is 5.75 Å². The molecule has 0 aromatic heterocycles. The number of amides is 2. The minimum atomic E-state index is -0.668. The van der Waals surface area contributed by atoms with E-state index in [4.69, 9.17) is 11.6 Å². The van der Waals surface area contributed by atoms with Gasteiger partial charge in [-0.3, -0.25) is 9.59 Å². The van der Waals surface area contributed by atoms with Crippen LogP contribution < -0.4 is 5.32 Å². The Labute approximate surface area is 148 Å². The van der Waals surface area contributed by atoms with E-state index in [9.17, 15) is 14.0 Å². The number of hydrogen-bond acceptors (Lipinski definition) is 3. The zero-order chi connectivity index (χ0) is 17.1. The molecule has 1 heterocycles. The summed E-state index contributed by atoms with van der Waals surface area (Å²) in [6, 6.07) is 12.0. The Balaban J connectivity index is 1.78. The predicted octanol–water partition coefficient (Wildman–Crippen LogP) is 3.63. The molecule has 0 unspecified atom stereocenters. The van der Waals surface area contributed by atoms with Crippen molar-refractivity contribution in [2.24, 2.45) is 0 Å². The predicted molar refractivity (Wildman–Crippen MR) is 93.8 cm³/mol. The number of nitrogens with one attached hydrogen (secondary N) is 1. The maximum absolute atomic E-state index is 13.7. The normalized spacial score (nSPS) is 16.9. The average Bonchev–Trinajstić information content (AvgIpc) is 3.06. The molecule has 2 amide bonds. The number of thioether (sulfide) groups is 1. The van der Waals surface area contributed by atoms with Crippen LogP contribution in [0.1, 0.15) is 10.4 Å². The van der Waals surface area contributed by atoms with E-state index < -0.39 is 17.8 Å². The molecule has 1 aliphatic rings. The van der Waals surface area contributed by atoms with Crippen molar-refractivity contribution in [1.29, 1.82) is 0 Å². The summed E-state index contributed by atoms with van der Waals surface area (Å²) in [5, 5.41) is 2.89. The van der Waals surface area contributed by atoms with Crippen molar-refractivity contribution in [1.82, 2.24) is 4.90 Å². The molecule has 1 fully saturated rings. The smallest absolute Gasteiger partial charge is 0.256 e. The molecule has 1 atom stereocenters. The molecule has 3 rings (SSSR count). The molecule has 124 valence electrons. The van der Waals surface area contributed by atoms with E-state index >= 15 is 0 Å². The van der Waals surface area contributed by atoms with Crippen LogP contribution in [0.2, 0.25) is 5.02 Å². The summed E-state index contributed by atoms with van der Waals surface area (Å²) in [6.45, 7) is 0. The van der Waals surface area contributed by atoms with Crippen LogP contribution in [0.4, 0.5) is 10.1 Å². The van der Waals surface area contributed by atoms with Gasteiger partial charge in [0.2, 0.25) is 5.91 Å². The number of nitrogens with zero attached hydrogens (tertiary/aromatic N) is 1. The highest BCUT2D eigenvalue weighted by Crippen LogP contribution is 2.27. The summed E-state index contributed by atoms with van der Waals surface area (Å²) in [5.41, 5.74) is 0.454. The molecule has 2 aromatic carbocycles. The van der Waals surface area contributed by atoms with Crippen molar-refractivity contribution in [3.05, 3.63) is 64.9 Å². The Hall–Kier alpha value is -2.05. The number of rotatable bonds is 3. The van der Waals surface area contributed by atoms with Crippen LogP contribution in [0.15, 0.2) is 48.5 Å². The van der Waals surface area contributed by atoms with Crippen LogP contribution in [0.25, 0.3) is 0 Å². The van der Waals surface area contributed by atoms with E-state index in [-0.39, 0.29) is 11.6 Å². The highest BCUT2D eigenvalue weighted by Gasteiger charge is 2.35. The summed E-state index contributed by atoms with van der Waals surface area (Å²) in [5.74, 6) is -0.388. The summed E-state index contributed by atoms with van der Waals surface area (Å²) < 4.78 is 13.7. The zero-order valence-corrected chi connectivity index (χ0v) is 14.1. The summed E-state index contributed by atoms with van der Waals surface area (Å²) in [7, 11) is 0. The van der Waals surface area contributed by atoms with E-state index in [1.54, 1.807) is 36.4 Å². The third-order valence-electron chi connectivity index (χ3n) is 3.68. The number of halogens is 2. The number of carbonyl (C=O) groups is 2. The van der Waals surface area contributed by atoms with Crippen molar-refractivity contribution in [2.45, 2.75) is 6.04 Å². The fraction of sp³-hybridized carbons (Fsp3) is 0.176. The van der Waals surface area contributed by atoms with Gasteiger partial charge in [-0.25, -0.2) is 4.39 Å². The first-order valence-electron chi connectivity index (χ1n) is 7.26. The lowest BCUT2D eigenvalue weighted by atomic mass is 10.1. The van der Waals surface area contributed by atoms with Crippen molar-refractivity contribution in [3.8, 4) is 0 Å². The second-order valence-electron chi connectivity index (χ2n) is 5.24. The number of para-hydroxylation sites is 1. The van der Waals surface area contributed by atoms with Gasteiger partial charge in [0.05, 0.1) is 22.2 Å². The Kier molecular flexibility index (Phi) is 5.06. The Morgan fingerprint density at radius 2 is 1.88 bits per heavy atom. The standard InChI is InChI=1S/C17H14ClFN2O2S/c18-12-6-2-1-5-11(12)17(23)21-10-24-9-15(21)16(22)20-14-8-4-3-7-13(14)19/h1-8,15H,9-10H2,(H,20,22)/t15-/m1/s1. The Morgan fingerprint density at radius 3 is 2.62 bits per heavy atom. The lowest BCUT2D eigenvalue weighted by Crippen LogP contribution is -2.44. The highest BCUT2D eigenvalue weighted by molar-refractivity contribution is 7.99. The molecule has 0 spiro atoms. The molecule has 4 nitrogen and oxygen atoms in total. The summed E-state index contributed by atoms with van der Waals surface area (Å²) in [4.78, 5) is 26.6. The van der Waals surface area contributed by atoms with E-state index in [0.29, 0.717) is 22.2 Å². The summed E-state index contributed by atoms with van der Waals surface area (Å²) >= 11 is 7.54. The largest absolute Gasteiger partial charge is 0.322 e. The highest BCUT2D eigenvalue weighted by atomic mass is 35.5. The van der Waals surface area contributed by atoms with Gasteiger partial charge in [0.1, 0.15) is 11.9 Å². The Morgan fingerprint density at radius 1 is 1.17 bits per heavy atom. The molecule has 2 aromatic rings. The minimum Gasteiger partial charge on any atom is -0.322 e. The quantitative estimate of drug-likeness (QED) is 0.904. The van der Waals surface area contributed by atoms with Gasteiger partial charge in [0.25, 0.3) is 5.91 Å². The number of carbonyl (C=O) groups excluding carboxylic acids is 2. The molecule has 1 N–H and O–H groups in total. The molecule has 1 saturated heterocycles. The lowest BCUT2D eigenvalue weighted by molar-refractivity contribution is -0.119. The topological polar surface area (TPSA) is 49.4 Å². The van der Waals surface area contributed by atoms with Crippen molar-refractivity contribution >= 4 is 40.9 Å². The minimum absolute atomic E-state index is 0.101. The molecule has 1 aliphatic heterocycles. The zero-order valence-electron chi connectivity index (χ0n) is 12.5. The average molecular weight is 365 g/mol. The number of anilines is 1. The number of hydrogen-bond donors (Lipinski definition) is 1. The van der Waals surface area contributed by atoms with E-state index in [2.05, 4.69) is 5.32 Å². The van der Waals surface area contributed by atoms with Crippen LogP contribution >= 0.6 is 23.4 Å². The third kappa shape index (κ3) is 3.39. The van der Waals surface area contributed by atoms with Gasteiger partial charge in [-0.15, -0.1) is 11.8 Å². The molecule has 0 aliphatic carbocycles. The molecular formula is C17H14ClFN2O2S. The van der Waals surface area contributed by atoms with Crippen molar-refractivity contribution < 1.29 is 14.0 Å². The lowest BCUT2D eigenvalue weighted by Gasteiger charge is -2.23. The molecule has 0 radical (unpaired) electrons. The second kappa shape index (κ2) is 7.23. The van der Waals surface area contributed by atoms with Crippen molar-refractivity contribution in [3.63, 3.8) is 0 Å². The molecular weight excluding hydrogens is 351 g/mol. The monoisotopic (exact) mass is 364 g/mol. The first-order chi connectivity index (χ1) is 11.6. The molecule has 0 bridgehead atoms. The van der Waals surface area contributed by atoms with Crippen LogP contribution in [0, 0.1) is 5.82 Å². The molecule has 0 saturated carbocycles. The van der Waals surface area contributed by atoms with Crippen LogP contribution in [-0.2, 0) is 4.79 Å². The first-order valence-corrected chi connectivity index (χ1v) is 8.80. The van der Waals surface area contributed by atoms with Crippen LogP contribution in [-0.4, -0.2) is 34.4 Å². The number of benzene rings is 2. The molecule has 7 heteroatoms. The fourth-order valence-corrected chi connectivity index (χ4v) is 3.80. The second-order valence-corrected chi connectivity index (χ2v) is 6.65. The van der Waals surface area contributed by atoms with Gasteiger partial charge < -0.3 is 10.2 Å². The van der Waals surface area contributed by atoms with Gasteiger partial charge in [-0.05, 0) is 24.3 Å². The maximum atomic E-state index is 13.7. The third-order valence-corrected chi connectivity index (χ3v) is 5.02. The maximum Gasteiger partial charge on any atom is 0.256 e.